The van der Waals surface area contributed by atoms with Gasteiger partial charge in [-0.15, -0.1) is 0 Å². The van der Waals surface area contributed by atoms with E-state index < -0.39 is 0 Å². The van der Waals surface area contributed by atoms with Crippen LogP contribution in [0.1, 0.15) is 5.56 Å². The summed E-state index contributed by atoms with van der Waals surface area (Å²) in [5, 5.41) is 3.46. The van der Waals surface area contributed by atoms with Crippen LogP contribution in [-0.2, 0) is 0 Å². The lowest BCUT2D eigenvalue weighted by Gasteiger charge is -2.03. The topological polar surface area (TPSA) is 64.4 Å². The predicted molar refractivity (Wildman–Crippen MR) is 66.8 cm³/mol. The van der Waals surface area contributed by atoms with Crippen LogP contribution in [0.25, 0.3) is 11.1 Å². The van der Waals surface area contributed by atoms with Crippen molar-refractivity contribution in [2.75, 3.05) is 0 Å². The van der Waals surface area contributed by atoms with Crippen molar-refractivity contribution in [3.8, 4) is 11.1 Å². The van der Waals surface area contributed by atoms with Gasteiger partial charge in [0.05, 0.1) is 0 Å². The van der Waals surface area contributed by atoms with Gasteiger partial charge in [0, 0.05) is 5.56 Å². The fourth-order valence-corrected chi connectivity index (χ4v) is 1.54. The SMILES string of the molecule is N/N=C(/N)c1ccc(-c2ccccc2)cc1. The molecule has 0 spiro atoms. The zero-order chi connectivity index (χ0) is 11.4. The average Bonchev–Trinajstić information content (AvgIpc) is 2.39. The van der Waals surface area contributed by atoms with Crippen LogP contribution in [0.4, 0.5) is 0 Å². The molecule has 0 aromatic heterocycles. The normalized spacial score (nSPS) is 11.4. The molecule has 0 unspecified atom stereocenters. The van der Waals surface area contributed by atoms with E-state index in [0.29, 0.717) is 5.84 Å². The highest BCUT2D eigenvalue weighted by Gasteiger charge is 1.99. The zero-order valence-corrected chi connectivity index (χ0v) is 8.80. The summed E-state index contributed by atoms with van der Waals surface area (Å²) in [6.07, 6.45) is 0. The van der Waals surface area contributed by atoms with Crippen LogP contribution < -0.4 is 11.6 Å². The van der Waals surface area contributed by atoms with Crippen LogP contribution in [0.5, 0.6) is 0 Å². The van der Waals surface area contributed by atoms with Gasteiger partial charge in [-0.1, -0.05) is 54.6 Å². The minimum Gasteiger partial charge on any atom is -0.382 e. The molecule has 3 heteroatoms. The van der Waals surface area contributed by atoms with Gasteiger partial charge in [0.2, 0.25) is 0 Å². The van der Waals surface area contributed by atoms with Gasteiger partial charge in [-0.25, -0.2) is 0 Å². The third kappa shape index (κ3) is 2.03. The molecule has 0 bridgehead atoms. The first-order valence-corrected chi connectivity index (χ1v) is 5.00. The smallest absolute Gasteiger partial charge is 0.150 e. The monoisotopic (exact) mass is 211 g/mol. The molecule has 0 aliphatic rings. The van der Waals surface area contributed by atoms with E-state index >= 15 is 0 Å². The highest BCUT2D eigenvalue weighted by Crippen LogP contribution is 2.18. The molecular weight excluding hydrogens is 198 g/mol. The quantitative estimate of drug-likeness (QED) is 0.345. The zero-order valence-electron chi connectivity index (χ0n) is 8.80. The molecule has 4 N–H and O–H groups in total. The van der Waals surface area contributed by atoms with E-state index in [1.54, 1.807) is 0 Å². The molecular formula is C13H13N3. The number of hydrogen-bond donors (Lipinski definition) is 2. The third-order valence-electron chi connectivity index (χ3n) is 2.43. The number of nitrogens with two attached hydrogens (primary N) is 2. The van der Waals surface area contributed by atoms with Gasteiger partial charge in [-0.3, -0.25) is 0 Å². The molecule has 0 atom stereocenters. The lowest BCUT2D eigenvalue weighted by Crippen LogP contribution is -2.15. The maximum atomic E-state index is 5.61. The Kier molecular flexibility index (Phi) is 2.87. The van der Waals surface area contributed by atoms with E-state index in [4.69, 9.17) is 11.6 Å². The Morgan fingerprint density at radius 1 is 0.812 bits per heavy atom. The summed E-state index contributed by atoms with van der Waals surface area (Å²) in [6, 6.07) is 18.0. The Morgan fingerprint density at radius 3 is 1.94 bits per heavy atom. The predicted octanol–water partition coefficient (Wildman–Crippen LogP) is 1.93. The molecule has 0 saturated carbocycles. The van der Waals surface area contributed by atoms with Gasteiger partial charge in [-0.05, 0) is 11.1 Å². The molecule has 16 heavy (non-hydrogen) atoms. The Labute approximate surface area is 94.4 Å². The molecule has 2 aromatic carbocycles. The van der Waals surface area contributed by atoms with Crippen LogP contribution in [0.2, 0.25) is 0 Å². The second-order valence-electron chi connectivity index (χ2n) is 3.46. The molecule has 0 radical (unpaired) electrons. The van der Waals surface area contributed by atoms with Crippen molar-refractivity contribution in [2.45, 2.75) is 0 Å². The summed E-state index contributed by atoms with van der Waals surface area (Å²) in [5.41, 5.74) is 8.77. The Hall–Kier alpha value is -2.29. The molecule has 0 aliphatic heterocycles. The largest absolute Gasteiger partial charge is 0.382 e. The number of nitrogens with zero attached hydrogens (tertiary/aromatic N) is 1. The Balaban J connectivity index is 2.34. The number of rotatable bonds is 2. The van der Waals surface area contributed by atoms with Crippen molar-refractivity contribution in [3.63, 3.8) is 0 Å². The van der Waals surface area contributed by atoms with Crippen LogP contribution in [0, 0.1) is 0 Å². The van der Waals surface area contributed by atoms with Gasteiger partial charge in [0.15, 0.2) is 0 Å². The molecule has 80 valence electrons. The van der Waals surface area contributed by atoms with Crippen molar-refractivity contribution in [1.82, 2.24) is 0 Å². The van der Waals surface area contributed by atoms with E-state index in [2.05, 4.69) is 17.2 Å². The lowest BCUT2D eigenvalue weighted by atomic mass is 10.0. The first kappa shape index (κ1) is 10.2. The van der Waals surface area contributed by atoms with Crippen molar-refractivity contribution in [2.24, 2.45) is 16.7 Å². The van der Waals surface area contributed by atoms with E-state index in [1.165, 1.54) is 5.56 Å². The fourth-order valence-electron chi connectivity index (χ4n) is 1.54. The maximum Gasteiger partial charge on any atom is 0.150 e. The first-order valence-electron chi connectivity index (χ1n) is 5.00. The fraction of sp³-hybridized carbons (Fsp3) is 0. The number of amidine groups is 1. The highest BCUT2D eigenvalue weighted by atomic mass is 15.1. The van der Waals surface area contributed by atoms with Crippen molar-refractivity contribution in [1.29, 1.82) is 0 Å². The average molecular weight is 211 g/mol. The molecule has 0 fully saturated rings. The van der Waals surface area contributed by atoms with Gasteiger partial charge >= 0.3 is 0 Å². The molecule has 0 heterocycles. The van der Waals surface area contributed by atoms with Crippen LogP contribution >= 0.6 is 0 Å². The standard InChI is InChI=1S/C13H13N3/c14-13(16-15)12-8-6-11(7-9-12)10-4-2-1-3-5-10/h1-9H,15H2,(H2,14,16). The number of hydrazone groups is 1. The summed E-state index contributed by atoms with van der Waals surface area (Å²) in [5.74, 6) is 5.46. The van der Waals surface area contributed by atoms with Gasteiger partial charge in [0.1, 0.15) is 5.84 Å². The van der Waals surface area contributed by atoms with Crippen LogP contribution in [0.3, 0.4) is 0 Å². The number of hydrogen-bond acceptors (Lipinski definition) is 2. The minimum absolute atomic E-state index is 0.347. The summed E-state index contributed by atoms with van der Waals surface area (Å²) >= 11 is 0. The molecule has 0 saturated heterocycles. The van der Waals surface area contributed by atoms with Crippen LogP contribution in [0.15, 0.2) is 59.7 Å². The third-order valence-corrected chi connectivity index (χ3v) is 2.43. The van der Waals surface area contributed by atoms with E-state index in [-0.39, 0.29) is 0 Å². The minimum atomic E-state index is 0.347. The van der Waals surface area contributed by atoms with Gasteiger partial charge in [-0.2, -0.15) is 5.10 Å². The molecule has 0 aliphatic carbocycles. The van der Waals surface area contributed by atoms with E-state index in [1.807, 2.05) is 42.5 Å². The van der Waals surface area contributed by atoms with E-state index in [9.17, 15) is 0 Å². The second-order valence-corrected chi connectivity index (χ2v) is 3.46. The Morgan fingerprint density at radius 2 is 1.38 bits per heavy atom. The van der Waals surface area contributed by atoms with E-state index in [0.717, 1.165) is 11.1 Å². The lowest BCUT2D eigenvalue weighted by molar-refractivity contribution is 1.23. The summed E-state index contributed by atoms with van der Waals surface area (Å²) in [7, 11) is 0. The summed E-state index contributed by atoms with van der Waals surface area (Å²) < 4.78 is 0. The molecule has 2 aromatic rings. The van der Waals surface area contributed by atoms with Crippen LogP contribution in [-0.4, -0.2) is 5.84 Å². The number of benzene rings is 2. The molecule has 0 amide bonds. The highest BCUT2D eigenvalue weighted by molar-refractivity contribution is 5.97. The van der Waals surface area contributed by atoms with Gasteiger partial charge in [0.25, 0.3) is 0 Å². The van der Waals surface area contributed by atoms with Crippen molar-refractivity contribution >= 4 is 5.84 Å². The van der Waals surface area contributed by atoms with Crippen molar-refractivity contribution < 1.29 is 0 Å². The maximum absolute atomic E-state index is 5.61. The second kappa shape index (κ2) is 4.49. The van der Waals surface area contributed by atoms with Crippen molar-refractivity contribution in [3.05, 3.63) is 60.2 Å². The van der Waals surface area contributed by atoms with Gasteiger partial charge < -0.3 is 11.6 Å². The first-order chi connectivity index (χ1) is 7.81. The summed E-state index contributed by atoms with van der Waals surface area (Å²) in [6.45, 7) is 0. The molecule has 2 rings (SSSR count). The Bertz CT molecular complexity index is 486. The molecule has 3 nitrogen and oxygen atoms in total. The summed E-state index contributed by atoms with van der Waals surface area (Å²) in [4.78, 5) is 0.